The summed E-state index contributed by atoms with van der Waals surface area (Å²) < 4.78 is 0. The third kappa shape index (κ3) is 2.51. The van der Waals surface area contributed by atoms with Gasteiger partial charge in [0.2, 0.25) is 5.91 Å². The molecule has 0 aliphatic heterocycles. The van der Waals surface area contributed by atoms with Gasteiger partial charge >= 0.3 is 0 Å². The minimum absolute atomic E-state index is 0.0992. The third-order valence-electron chi connectivity index (χ3n) is 2.89. The molecule has 1 aromatic rings. The van der Waals surface area contributed by atoms with Crippen molar-refractivity contribution in [3.8, 4) is 0 Å². The Hall–Kier alpha value is -0.910. The van der Waals surface area contributed by atoms with Crippen LogP contribution in [0.25, 0.3) is 0 Å². The van der Waals surface area contributed by atoms with Crippen LogP contribution in [0.1, 0.15) is 19.8 Å². The first-order valence-corrected chi connectivity index (χ1v) is 5.95. The van der Waals surface area contributed by atoms with E-state index in [4.69, 9.17) is 28.9 Å². The zero-order valence-corrected chi connectivity index (χ0v) is 10.7. The molecule has 5 nitrogen and oxygen atoms in total. The summed E-state index contributed by atoms with van der Waals surface area (Å²) in [6.45, 7) is 1.71. The number of nitrogens with zero attached hydrogens (tertiary/aromatic N) is 2. The SMILES string of the molecule is CC(N)(C(=O)Nc1ncnc(Cl)c1Cl)C1CC1. The van der Waals surface area contributed by atoms with Gasteiger partial charge in [-0.3, -0.25) is 4.79 Å². The topological polar surface area (TPSA) is 80.9 Å². The van der Waals surface area contributed by atoms with Crippen LogP contribution in [-0.2, 0) is 4.79 Å². The van der Waals surface area contributed by atoms with Crippen LogP contribution in [0.15, 0.2) is 6.33 Å². The van der Waals surface area contributed by atoms with Gasteiger partial charge in [0.25, 0.3) is 0 Å². The molecule has 92 valence electrons. The lowest BCUT2D eigenvalue weighted by Crippen LogP contribution is -2.50. The number of amides is 1. The summed E-state index contributed by atoms with van der Waals surface area (Å²) in [5.74, 6) is 0.101. The molecule has 0 spiro atoms. The van der Waals surface area contributed by atoms with Gasteiger partial charge < -0.3 is 11.1 Å². The highest BCUT2D eigenvalue weighted by atomic mass is 35.5. The summed E-state index contributed by atoms with van der Waals surface area (Å²) in [5.41, 5.74) is 5.07. The largest absolute Gasteiger partial charge is 0.317 e. The molecule has 0 bridgehead atoms. The highest BCUT2D eigenvalue weighted by Gasteiger charge is 2.44. The van der Waals surface area contributed by atoms with Crippen LogP contribution in [0, 0.1) is 5.92 Å². The van der Waals surface area contributed by atoms with E-state index in [1.54, 1.807) is 6.92 Å². The molecule has 1 aliphatic rings. The van der Waals surface area contributed by atoms with Gasteiger partial charge in [-0.05, 0) is 25.7 Å². The fourth-order valence-corrected chi connectivity index (χ4v) is 1.82. The number of anilines is 1. The average Bonchev–Trinajstić information content (AvgIpc) is 3.08. The fourth-order valence-electron chi connectivity index (χ4n) is 1.55. The summed E-state index contributed by atoms with van der Waals surface area (Å²) in [5, 5.41) is 2.80. The lowest BCUT2D eigenvalue weighted by atomic mass is 9.96. The third-order valence-corrected chi connectivity index (χ3v) is 3.63. The van der Waals surface area contributed by atoms with Crippen molar-refractivity contribution in [3.63, 3.8) is 0 Å². The Morgan fingerprint density at radius 1 is 1.53 bits per heavy atom. The van der Waals surface area contributed by atoms with E-state index < -0.39 is 5.54 Å². The van der Waals surface area contributed by atoms with Crippen LogP contribution in [0.3, 0.4) is 0 Å². The highest BCUT2D eigenvalue weighted by molar-refractivity contribution is 6.43. The zero-order valence-electron chi connectivity index (χ0n) is 9.20. The minimum Gasteiger partial charge on any atom is -0.317 e. The van der Waals surface area contributed by atoms with E-state index >= 15 is 0 Å². The number of aromatic nitrogens is 2. The van der Waals surface area contributed by atoms with E-state index in [-0.39, 0.29) is 27.8 Å². The van der Waals surface area contributed by atoms with Crippen molar-refractivity contribution in [1.82, 2.24) is 9.97 Å². The first-order chi connectivity index (χ1) is 7.93. The van der Waals surface area contributed by atoms with E-state index in [9.17, 15) is 4.79 Å². The molecule has 2 rings (SSSR count). The second-order valence-corrected chi connectivity index (χ2v) is 5.07. The number of carbonyl (C=O) groups is 1. The van der Waals surface area contributed by atoms with Crippen LogP contribution < -0.4 is 11.1 Å². The predicted octanol–water partition coefficient (Wildman–Crippen LogP) is 1.85. The van der Waals surface area contributed by atoms with Gasteiger partial charge in [0.1, 0.15) is 11.3 Å². The van der Waals surface area contributed by atoms with Crippen molar-refractivity contribution >= 4 is 34.9 Å². The number of rotatable bonds is 3. The van der Waals surface area contributed by atoms with E-state index in [2.05, 4.69) is 15.3 Å². The maximum absolute atomic E-state index is 12.0. The Labute approximate surface area is 109 Å². The molecule has 1 atom stereocenters. The molecule has 7 heteroatoms. The van der Waals surface area contributed by atoms with Gasteiger partial charge in [-0.25, -0.2) is 9.97 Å². The van der Waals surface area contributed by atoms with Crippen LogP contribution in [-0.4, -0.2) is 21.4 Å². The number of hydrogen-bond donors (Lipinski definition) is 2. The lowest BCUT2D eigenvalue weighted by molar-refractivity contribution is -0.121. The maximum Gasteiger partial charge on any atom is 0.245 e. The van der Waals surface area contributed by atoms with E-state index in [1.807, 2.05) is 0 Å². The van der Waals surface area contributed by atoms with Gasteiger partial charge in [0, 0.05) is 0 Å². The quantitative estimate of drug-likeness (QED) is 0.825. The summed E-state index contributed by atoms with van der Waals surface area (Å²) in [7, 11) is 0. The molecule has 1 amide bonds. The first-order valence-electron chi connectivity index (χ1n) is 5.19. The second kappa shape index (κ2) is 4.40. The summed E-state index contributed by atoms with van der Waals surface area (Å²) in [6.07, 6.45) is 3.17. The monoisotopic (exact) mass is 274 g/mol. The molecule has 1 heterocycles. The summed E-state index contributed by atoms with van der Waals surface area (Å²) >= 11 is 11.6. The van der Waals surface area contributed by atoms with Crippen LogP contribution in [0.2, 0.25) is 10.2 Å². The Balaban J connectivity index is 2.15. The molecule has 1 saturated carbocycles. The van der Waals surface area contributed by atoms with Crippen LogP contribution in [0.4, 0.5) is 5.82 Å². The second-order valence-electron chi connectivity index (χ2n) is 4.34. The molecule has 0 aromatic carbocycles. The van der Waals surface area contributed by atoms with E-state index in [0.717, 1.165) is 12.8 Å². The Morgan fingerprint density at radius 3 is 2.76 bits per heavy atom. The number of nitrogens with one attached hydrogen (secondary N) is 1. The molecule has 1 fully saturated rings. The average molecular weight is 275 g/mol. The van der Waals surface area contributed by atoms with Crippen molar-refractivity contribution in [2.45, 2.75) is 25.3 Å². The van der Waals surface area contributed by atoms with E-state index in [0.29, 0.717) is 0 Å². The fraction of sp³-hybridized carbons (Fsp3) is 0.500. The van der Waals surface area contributed by atoms with Gasteiger partial charge in [-0.15, -0.1) is 0 Å². The molecule has 3 N–H and O–H groups in total. The lowest BCUT2D eigenvalue weighted by Gasteiger charge is -2.22. The van der Waals surface area contributed by atoms with Crippen molar-refractivity contribution in [2.24, 2.45) is 11.7 Å². The van der Waals surface area contributed by atoms with Crippen molar-refractivity contribution < 1.29 is 4.79 Å². The molecule has 1 aliphatic carbocycles. The number of halogens is 2. The van der Waals surface area contributed by atoms with Gasteiger partial charge in [-0.2, -0.15) is 0 Å². The Kier molecular flexibility index (Phi) is 3.25. The van der Waals surface area contributed by atoms with Gasteiger partial charge in [0.05, 0.1) is 5.54 Å². The molecule has 1 aromatic heterocycles. The number of nitrogens with two attached hydrogens (primary N) is 1. The normalized spacial score (nSPS) is 18.6. The van der Waals surface area contributed by atoms with E-state index in [1.165, 1.54) is 6.33 Å². The van der Waals surface area contributed by atoms with Crippen LogP contribution in [0.5, 0.6) is 0 Å². The Bertz CT molecular complexity index is 460. The van der Waals surface area contributed by atoms with Gasteiger partial charge in [-0.1, -0.05) is 23.2 Å². The minimum atomic E-state index is -0.902. The predicted molar refractivity (Wildman–Crippen MR) is 66.0 cm³/mol. The molecule has 1 unspecified atom stereocenters. The molecular formula is C10H12Cl2N4O. The Morgan fingerprint density at radius 2 is 2.18 bits per heavy atom. The van der Waals surface area contributed by atoms with Gasteiger partial charge in [0.15, 0.2) is 11.0 Å². The molecule has 0 saturated heterocycles. The number of hydrogen-bond acceptors (Lipinski definition) is 4. The molecular weight excluding hydrogens is 263 g/mol. The molecule has 17 heavy (non-hydrogen) atoms. The summed E-state index contributed by atoms with van der Waals surface area (Å²) in [4.78, 5) is 19.5. The highest BCUT2D eigenvalue weighted by Crippen LogP contribution is 2.38. The van der Waals surface area contributed by atoms with Crippen molar-refractivity contribution in [1.29, 1.82) is 0 Å². The number of carbonyl (C=O) groups excluding carboxylic acids is 1. The smallest absolute Gasteiger partial charge is 0.245 e. The standard InChI is InChI=1S/C10H12Cl2N4O/c1-10(13,5-2-3-5)9(17)16-8-6(11)7(12)14-4-15-8/h4-5H,2-3,13H2,1H3,(H,14,15,16,17). The van der Waals surface area contributed by atoms with Crippen molar-refractivity contribution in [3.05, 3.63) is 16.5 Å². The van der Waals surface area contributed by atoms with Crippen molar-refractivity contribution in [2.75, 3.05) is 5.32 Å². The summed E-state index contributed by atoms with van der Waals surface area (Å²) in [6, 6.07) is 0. The van der Waals surface area contributed by atoms with Crippen LogP contribution >= 0.6 is 23.2 Å². The maximum atomic E-state index is 12.0. The first kappa shape index (κ1) is 12.5. The molecule has 0 radical (unpaired) electrons. The zero-order chi connectivity index (χ0) is 12.6.